The van der Waals surface area contributed by atoms with Gasteiger partial charge in [0.2, 0.25) is 0 Å². The standard InChI is InChI=1S/C24H27N3O4/c28-23-2-1-8-26(23)9-7-20-15-19-14-17(4-6-22(19)31-20)18-3-5-21(25-16-18)24(29)27-10-12-30-13-11-27/h3-6,14-16,23,28H,1-2,7-13H2/t23-/m0/s1. The summed E-state index contributed by atoms with van der Waals surface area (Å²) in [7, 11) is 0. The number of aromatic nitrogens is 1. The van der Waals surface area contributed by atoms with Gasteiger partial charge in [-0.1, -0.05) is 12.1 Å². The lowest BCUT2D eigenvalue weighted by Crippen LogP contribution is -2.41. The van der Waals surface area contributed by atoms with E-state index in [0.29, 0.717) is 32.0 Å². The van der Waals surface area contributed by atoms with Gasteiger partial charge in [0.15, 0.2) is 0 Å². The zero-order chi connectivity index (χ0) is 21.2. The molecule has 2 aromatic heterocycles. The average molecular weight is 421 g/mol. The van der Waals surface area contributed by atoms with Gasteiger partial charge in [0.05, 0.1) is 13.2 Å². The Morgan fingerprint density at radius 2 is 1.94 bits per heavy atom. The Labute approximate surface area is 181 Å². The van der Waals surface area contributed by atoms with Gasteiger partial charge >= 0.3 is 0 Å². The van der Waals surface area contributed by atoms with Crippen LogP contribution < -0.4 is 0 Å². The fourth-order valence-electron chi connectivity index (χ4n) is 4.34. The third-order valence-electron chi connectivity index (χ3n) is 6.16. The van der Waals surface area contributed by atoms with Gasteiger partial charge in [0, 0.05) is 49.7 Å². The minimum Gasteiger partial charge on any atom is -0.461 e. The number of nitrogens with zero attached hydrogens (tertiary/aromatic N) is 3. The van der Waals surface area contributed by atoms with Crippen LogP contribution in [0.25, 0.3) is 22.1 Å². The summed E-state index contributed by atoms with van der Waals surface area (Å²) in [5, 5.41) is 11.0. The SMILES string of the molecule is O=C(c1ccc(-c2ccc3oc(CCN4CCC[C@@H]4O)cc3c2)cn1)N1CCOCC1. The predicted octanol–water partition coefficient (Wildman–Crippen LogP) is 2.92. The number of hydrogen-bond acceptors (Lipinski definition) is 6. The quantitative estimate of drug-likeness (QED) is 0.683. The first-order chi connectivity index (χ1) is 15.2. The smallest absolute Gasteiger partial charge is 0.272 e. The molecule has 1 amide bonds. The number of morpholine rings is 1. The lowest BCUT2D eigenvalue weighted by molar-refractivity contribution is 0.0299. The van der Waals surface area contributed by atoms with Gasteiger partial charge < -0.3 is 19.2 Å². The van der Waals surface area contributed by atoms with Crippen LogP contribution in [-0.4, -0.2) is 71.4 Å². The zero-order valence-electron chi connectivity index (χ0n) is 17.5. The molecule has 2 saturated heterocycles. The summed E-state index contributed by atoms with van der Waals surface area (Å²) >= 11 is 0. The van der Waals surface area contributed by atoms with E-state index in [9.17, 15) is 9.90 Å². The van der Waals surface area contributed by atoms with E-state index < -0.39 is 0 Å². The molecule has 0 radical (unpaired) electrons. The lowest BCUT2D eigenvalue weighted by atomic mass is 10.1. The van der Waals surface area contributed by atoms with E-state index in [4.69, 9.17) is 9.15 Å². The Bertz CT molecular complexity index is 1060. The summed E-state index contributed by atoms with van der Waals surface area (Å²) in [6.45, 7) is 4.13. The highest BCUT2D eigenvalue weighted by molar-refractivity contribution is 5.93. The van der Waals surface area contributed by atoms with Crippen molar-refractivity contribution in [1.29, 1.82) is 0 Å². The molecule has 7 heteroatoms. The van der Waals surface area contributed by atoms with E-state index in [1.807, 2.05) is 18.2 Å². The van der Waals surface area contributed by atoms with Crippen LogP contribution >= 0.6 is 0 Å². The van der Waals surface area contributed by atoms with Gasteiger partial charge in [-0.25, -0.2) is 0 Å². The number of rotatable bonds is 5. The third-order valence-corrected chi connectivity index (χ3v) is 6.16. The van der Waals surface area contributed by atoms with Gasteiger partial charge in [-0.05, 0) is 42.7 Å². The molecule has 4 heterocycles. The molecule has 1 atom stereocenters. The van der Waals surface area contributed by atoms with Gasteiger partial charge in [-0.2, -0.15) is 0 Å². The molecule has 5 rings (SSSR count). The third kappa shape index (κ3) is 4.35. The van der Waals surface area contributed by atoms with E-state index in [0.717, 1.165) is 60.2 Å². The molecule has 162 valence electrons. The molecule has 0 saturated carbocycles. The van der Waals surface area contributed by atoms with E-state index >= 15 is 0 Å². The number of furan rings is 1. The number of fused-ring (bicyclic) bond motifs is 1. The summed E-state index contributed by atoms with van der Waals surface area (Å²) in [4.78, 5) is 20.9. The number of pyridine rings is 1. The van der Waals surface area contributed by atoms with E-state index in [2.05, 4.69) is 22.0 Å². The van der Waals surface area contributed by atoms with Crippen molar-refractivity contribution in [3.8, 4) is 11.1 Å². The Morgan fingerprint density at radius 1 is 1.10 bits per heavy atom. The second-order valence-corrected chi connectivity index (χ2v) is 8.21. The van der Waals surface area contributed by atoms with Crippen molar-refractivity contribution in [2.45, 2.75) is 25.5 Å². The van der Waals surface area contributed by atoms with Crippen LogP contribution in [0.3, 0.4) is 0 Å². The highest BCUT2D eigenvalue weighted by Crippen LogP contribution is 2.27. The summed E-state index contributed by atoms with van der Waals surface area (Å²) in [6.07, 6.45) is 4.12. The maximum atomic E-state index is 12.6. The predicted molar refractivity (Wildman–Crippen MR) is 117 cm³/mol. The molecule has 2 fully saturated rings. The molecule has 0 bridgehead atoms. The largest absolute Gasteiger partial charge is 0.461 e. The number of aliphatic hydroxyl groups is 1. The van der Waals surface area contributed by atoms with E-state index in [-0.39, 0.29) is 12.1 Å². The minimum atomic E-state index is -0.318. The molecule has 0 aliphatic carbocycles. The van der Waals surface area contributed by atoms with Gasteiger partial charge in [-0.3, -0.25) is 14.7 Å². The maximum absolute atomic E-state index is 12.6. The van der Waals surface area contributed by atoms with Gasteiger partial charge in [-0.15, -0.1) is 0 Å². The molecule has 1 aromatic carbocycles. The minimum absolute atomic E-state index is 0.0482. The van der Waals surface area contributed by atoms with Crippen LogP contribution in [0.15, 0.2) is 47.0 Å². The molecule has 3 aromatic rings. The van der Waals surface area contributed by atoms with Crippen molar-refractivity contribution in [1.82, 2.24) is 14.8 Å². The second kappa shape index (κ2) is 8.78. The van der Waals surface area contributed by atoms with Crippen LogP contribution in [0.5, 0.6) is 0 Å². The first-order valence-electron chi connectivity index (χ1n) is 11.0. The first kappa shape index (κ1) is 20.2. The maximum Gasteiger partial charge on any atom is 0.272 e. The fourth-order valence-corrected chi connectivity index (χ4v) is 4.34. The Hall–Kier alpha value is -2.74. The number of likely N-dealkylation sites (tertiary alicyclic amines) is 1. The van der Waals surface area contributed by atoms with Crippen molar-refractivity contribution in [2.75, 3.05) is 39.4 Å². The number of ether oxygens (including phenoxy) is 1. The summed E-state index contributed by atoms with van der Waals surface area (Å²) in [5.41, 5.74) is 3.31. The summed E-state index contributed by atoms with van der Waals surface area (Å²) in [6, 6.07) is 11.9. The summed E-state index contributed by atoms with van der Waals surface area (Å²) in [5.74, 6) is 0.878. The number of hydrogen-bond donors (Lipinski definition) is 1. The second-order valence-electron chi connectivity index (χ2n) is 8.21. The van der Waals surface area contributed by atoms with Crippen molar-refractivity contribution < 1.29 is 19.1 Å². The van der Waals surface area contributed by atoms with Crippen molar-refractivity contribution in [3.05, 3.63) is 54.0 Å². The van der Waals surface area contributed by atoms with Crippen molar-refractivity contribution in [3.63, 3.8) is 0 Å². The number of carbonyl (C=O) groups excluding carboxylic acids is 1. The molecule has 31 heavy (non-hydrogen) atoms. The first-order valence-corrected chi connectivity index (χ1v) is 11.0. The van der Waals surface area contributed by atoms with Crippen LogP contribution in [0.4, 0.5) is 0 Å². The number of carbonyl (C=O) groups is 1. The van der Waals surface area contributed by atoms with Crippen LogP contribution in [0, 0.1) is 0 Å². The Kier molecular flexibility index (Phi) is 5.72. The van der Waals surface area contributed by atoms with E-state index in [1.54, 1.807) is 17.2 Å². The van der Waals surface area contributed by atoms with Gasteiger partial charge in [0.25, 0.3) is 5.91 Å². The average Bonchev–Trinajstić information content (AvgIpc) is 3.42. The molecule has 1 N–H and O–H groups in total. The van der Waals surface area contributed by atoms with Crippen LogP contribution in [0.2, 0.25) is 0 Å². The lowest BCUT2D eigenvalue weighted by Gasteiger charge is -2.26. The van der Waals surface area contributed by atoms with Crippen molar-refractivity contribution in [2.24, 2.45) is 0 Å². The molecular formula is C24H27N3O4. The Balaban J connectivity index is 1.29. The van der Waals surface area contributed by atoms with E-state index in [1.165, 1.54) is 0 Å². The number of aliphatic hydroxyl groups excluding tert-OH is 1. The molecule has 0 unspecified atom stereocenters. The van der Waals surface area contributed by atoms with Crippen LogP contribution in [-0.2, 0) is 11.2 Å². The fraction of sp³-hybridized carbons (Fsp3) is 0.417. The Morgan fingerprint density at radius 3 is 2.68 bits per heavy atom. The number of amides is 1. The van der Waals surface area contributed by atoms with Crippen molar-refractivity contribution >= 4 is 16.9 Å². The molecule has 2 aliphatic heterocycles. The van der Waals surface area contributed by atoms with Gasteiger partial charge in [0.1, 0.15) is 23.3 Å². The highest BCUT2D eigenvalue weighted by Gasteiger charge is 2.22. The monoisotopic (exact) mass is 421 g/mol. The molecule has 0 spiro atoms. The molecular weight excluding hydrogens is 394 g/mol. The van der Waals surface area contributed by atoms with Crippen LogP contribution in [0.1, 0.15) is 29.1 Å². The highest BCUT2D eigenvalue weighted by atomic mass is 16.5. The molecule has 7 nitrogen and oxygen atoms in total. The normalized spacial score (nSPS) is 19.9. The molecule has 2 aliphatic rings. The zero-order valence-corrected chi connectivity index (χ0v) is 17.5. The topological polar surface area (TPSA) is 79.0 Å². The summed E-state index contributed by atoms with van der Waals surface area (Å²) < 4.78 is 11.3. The number of benzene rings is 1.